The van der Waals surface area contributed by atoms with Gasteiger partial charge in [0.1, 0.15) is 0 Å². The highest BCUT2D eigenvalue weighted by Crippen LogP contribution is 2.49. The van der Waals surface area contributed by atoms with Crippen LogP contribution >= 0.6 is 0 Å². The maximum absolute atomic E-state index is 12.8. The Morgan fingerprint density at radius 3 is 2.52 bits per heavy atom. The lowest BCUT2D eigenvalue weighted by Gasteiger charge is -2.27. The molecule has 0 aliphatic heterocycles. The second-order valence-corrected chi connectivity index (χ2v) is 7.16. The minimum absolute atomic E-state index is 0.174. The lowest BCUT2D eigenvalue weighted by atomic mass is 9.86. The molecule has 0 saturated heterocycles. The van der Waals surface area contributed by atoms with Gasteiger partial charge < -0.3 is 10.6 Å². The van der Waals surface area contributed by atoms with Crippen molar-refractivity contribution in [2.75, 3.05) is 6.54 Å². The number of benzene rings is 1. The molecule has 0 spiro atoms. The van der Waals surface area contributed by atoms with E-state index >= 15 is 0 Å². The molecule has 3 unspecified atom stereocenters. The summed E-state index contributed by atoms with van der Waals surface area (Å²) in [7, 11) is 0. The Bertz CT molecular complexity index is 558. The third kappa shape index (κ3) is 4.12. The predicted molar refractivity (Wildman–Crippen MR) is 89.2 cm³/mol. The summed E-state index contributed by atoms with van der Waals surface area (Å²) in [6, 6.07) is 9.95. The predicted octanol–water partition coefficient (Wildman–Crippen LogP) is 2.72. The van der Waals surface area contributed by atoms with Crippen molar-refractivity contribution in [2.45, 2.75) is 45.1 Å². The van der Waals surface area contributed by atoms with Gasteiger partial charge in [0.2, 0.25) is 11.8 Å². The molecular formula is C19H26N2O2. The average molecular weight is 314 g/mol. The Labute approximate surface area is 138 Å². The van der Waals surface area contributed by atoms with Crippen LogP contribution in [0.4, 0.5) is 0 Å². The van der Waals surface area contributed by atoms with Crippen molar-refractivity contribution in [3.63, 3.8) is 0 Å². The van der Waals surface area contributed by atoms with Crippen LogP contribution in [0.2, 0.25) is 0 Å². The first-order valence-electron chi connectivity index (χ1n) is 8.72. The molecule has 2 aliphatic rings. The first-order valence-corrected chi connectivity index (χ1v) is 8.72. The highest BCUT2D eigenvalue weighted by molar-refractivity contribution is 5.78. The van der Waals surface area contributed by atoms with E-state index in [0.717, 1.165) is 17.4 Å². The fourth-order valence-corrected chi connectivity index (χ4v) is 4.32. The van der Waals surface area contributed by atoms with Crippen LogP contribution in [0.3, 0.4) is 0 Å². The van der Waals surface area contributed by atoms with Gasteiger partial charge in [0.15, 0.2) is 0 Å². The van der Waals surface area contributed by atoms with Crippen LogP contribution < -0.4 is 5.73 Å². The molecule has 2 amide bonds. The quantitative estimate of drug-likeness (QED) is 0.841. The van der Waals surface area contributed by atoms with E-state index in [1.165, 1.54) is 25.7 Å². The number of carbonyl (C=O) groups is 2. The second-order valence-electron chi connectivity index (χ2n) is 7.16. The van der Waals surface area contributed by atoms with Crippen LogP contribution in [0.25, 0.3) is 0 Å². The molecule has 124 valence electrons. The Morgan fingerprint density at radius 1 is 1.13 bits per heavy atom. The number of nitrogens with zero attached hydrogens (tertiary/aromatic N) is 1. The first kappa shape index (κ1) is 16.0. The topological polar surface area (TPSA) is 63.4 Å². The molecule has 2 saturated carbocycles. The minimum atomic E-state index is -0.351. The Kier molecular flexibility index (Phi) is 4.99. The van der Waals surface area contributed by atoms with E-state index < -0.39 is 0 Å². The molecule has 3 rings (SSSR count). The van der Waals surface area contributed by atoms with Crippen molar-refractivity contribution in [1.29, 1.82) is 0 Å². The van der Waals surface area contributed by atoms with Crippen LogP contribution in [0.5, 0.6) is 0 Å². The van der Waals surface area contributed by atoms with Crippen LogP contribution in [0.1, 0.15) is 44.1 Å². The van der Waals surface area contributed by atoms with Gasteiger partial charge in [-0.15, -0.1) is 0 Å². The molecule has 1 aromatic carbocycles. The van der Waals surface area contributed by atoms with Gasteiger partial charge in [-0.25, -0.2) is 0 Å². The molecule has 1 aromatic rings. The second kappa shape index (κ2) is 7.16. The minimum Gasteiger partial charge on any atom is -0.370 e. The molecule has 2 aliphatic carbocycles. The molecule has 0 radical (unpaired) electrons. The van der Waals surface area contributed by atoms with E-state index in [4.69, 9.17) is 5.73 Å². The van der Waals surface area contributed by atoms with Crippen molar-refractivity contribution in [1.82, 2.24) is 4.90 Å². The largest absolute Gasteiger partial charge is 0.370 e. The SMILES string of the molecule is NC(=O)CCN(Cc1ccccc1)C(=O)CC1CC2CCC1C2. The normalized spacial score (nSPS) is 25.5. The van der Waals surface area contributed by atoms with Gasteiger partial charge in [-0.3, -0.25) is 9.59 Å². The third-order valence-corrected chi connectivity index (χ3v) is 5.52. The molecule has 4 nitrogen and oxygen atoms in total. The van der Waals surface area contributed by atoms with E-state index in [2.05, 4.69) is 0 Å². The number of nitrogens with two attached hydrogens (primary N) is 1. The number of rotatable bonds is 7. The zero-order valence-corrected chi connectivity index (χ0v) is 13.6. The summed E-state index contributed by atoms with van der Waals surface area (Å²) in [5.74, 6) is 1.97. The van der Waals surface area contributed by atoms with Crippen molar-refractivity contribution in [3.8, 4) is 0 Å². The molecule has 23 heavy (non-hydrogen) atoms. The Hall–Kier alpha value is -1.84. The standard InChI is InChI=1S/C19H26N2O2/c20-18(22)8-9-21(13-14-4-2-1-3-5-14)19(23)12-17-11-15-6-7-16(17)10-15/h1-5,15-17H,6-13H2,(H2,20,22). The highest BCUT2D eigenvalue weighted by atomic mass is 16.2. The third-order valence-electron chi connectivity index (χ3n) is 5.52. The molecule has 2 N–H and O–H groups in total. The lowest BCUT2D eigenvalue weighted by Crippen LogP contribution is -2.35. The molecule has 3 atom stereocenters. The Morgan fingerprint density at radius 2 is 1.91 bits per heavy atom. The molecule has 0 aromatic heterocycles. The molecule has 2 bridgehead atoms. The lowest BCUT2D eigenvalue weighted by molar-refractivity contribution is -0.133. The van der Waals surface area contributed by atoms with Gasteiger partial charge in [0, 0.05) is 25.9 Å². The van der Waals surface area contributed by atoms with Crippen molar-refractivity contribution < 1.29 is 9.59 Å². The molecule has 2 fully saturated rings. The summed E-state index contributed by atoms with van der Waals surface area (Å²) in [6.07, 6.45) is 6.04. The first-order chi connectivity index (χ1) is 11.1. The van der Waals surface area contributed by atoms with E-state index in [0.29, 0.717) is 25.4 Å². The van der Waals surface area contributed by atoms with Gasteiger partial charge in [-0.1, -0.05) is 36.8 Å². The van der Waals surface area contributed by atoms with Crippen LogP contribution in [-0.4, -0.2) is 23.3 Å². The maximum Gasteiger partial charge on any atom is 0.223 e. The number of carbonyl (C=O) groups excluding carboxylic acids is 2. The van der Waals surface area contributed by atoms with Gasteiger partial charge >= 0.3 is 0 Å². The summed E-state index contributed by atoms with van der Waals surface area (Å²) >= 11 is 0. The van der Waals surface area contributed by atoms with Gasteiger partial charge in [-0.05, 0) is 42.6 Å². The van der Waals surface area contributed by atoms with Gasteiger partial charge in [-0.2, -0.15) is 0 Å². The van der Waals surface area contributed by atoms with Gasteiger partial charge in [0.05, 0.1) is 0 Å². The summed E-state index contributed by atoms with van der Waals surface area (Å²) in [4.78, 5) is 25.7. The van der Waals surface area contributed by atoms with Crippen LogP contribution in [0, 0.1) is 17.8 Å². The number of primary amides is 1. The number of amides is 2. The Balaban J connectivity index is 1.61. The number of hydrogen-bond acceptors (Lipinski definition) is 2. The van der Waals surface area contributed by atoms with Crippen molar-refractivity contribution in [2.24, 2.45) is 23.5 Å². The van der Waals surface area contributed by atoms with Crippen LogP contribution in [0.15, 0.2) is 30.3 Å². The molecular weight excluding hydrogens is 288 g/mol. The zero-order chi connectivity index (χ0) is 16.2. The smallest absolute Gasteiger partial charge is 0.223 e. The van der Waals surface area contributed by atoms with E-state index in [1.807, 2.05) is 35.2 Å². The summed E-state index contributed by atoms with van der Waals surface area (Å²) in [6.45, 7) is 0.984. The van der Waals surface area contributed by atoms with E-state index in [1.54, 1.807) is 0 Å². The fourth-order valence-electron chi connectivity index (χ4n) is 4.32. The summed E-state index contributed by atoms with van der Waals surface area (Å²) < 4.78 is 0. The zero-order valence-electron chi connectivity index (χ0n) is 13.6. The average Bonchev–Trinajstić information content (AvgIpc) is 3.15. The molecule has 4 heteroatoms. The highest BCUT2D eigenvalue weighted by Gasteiger charge is 2.40. The number of hydrogen-bond donors (Lipinski definition) is 1. The van der Waals surface area contributed by atoms with Crippen molar-refractivity contribution in [3.05, 3.63) is 35.9 Å². The maximum atomic E-state index is 12.8. The number of fused-ring (bicyclic) bond motifs is 2. The van der Waals surface area contributed by atoms with Crippen molar-refractivity contribution >= 4 is 11.8 Å². The van der Waals surface area contributed by atoms with Gasteiger partial charge in [0.25, 0.3) is 0 Å². The van der Waals surface area contributed by atoms with Crippen LogP contribution in [-0.2, 0) is 16.1 Å². The molecule has 0 heterocycles. The van der Waals surface area contributed by atoms with E-state index in [9.17, 15) is 9.59 Å². The fraction of sp³-hybridized carbons (Fsp3) is 0.579. The van der Waals surface area contributed by atoms with E-state index in [-0.39, 0.29) is 18.2 Å². The monoisotopic (exact) mass is 314 g/mol. The summed E-state index contributed by atoms with van der Waals surface area (Å²) in [5, 5.41) is 0. The summed E-state index contributed by atoms with van der Waals surface area (Å²) in [5.41, 5.74) is 6.37.